The molecule has 3 rings (SSSR count). The molecular formula is C34H66Cl3N4O12-3. The molecule has 318 valence electrons. The lowest BCUT2D eigenvalue weighted by molar-refractivity contribution is -0.332. The molecule has 15 atom stereocenters. The second-order valence-corrected chi connectivity index (χ2v) is 14.4. The fraction of sp³-hybridized carbons (Fsp3) is 0.971. The molecule has 0 bridgehead atoms. The number of aliphatic hydroxyl groups is 7. The molecule has 0 aromatic heterocycles. The standard InChI is InChI=1S/C34H66N4O12.3ClH/c1-2-3-4-5-6-7-8-9-10-11-12-13-14-15-23(40)38-17-21-26(42)28(44)29(45)34(47-21)50-32-20(36)16-19(35)31(30(32)46)49-33-27(43)24(37)25(41)22(18-39)48-33;;;/h19-22,24-34,39,41-46H,2-18,35-37H2,1H3,(H,38,40);3*1H/p-3/t19?,20?,21?,22-,24-,25?,26-,27-,28+,29?,30-,31-,32?,33?,34-;;;/m1.../s1. The predicted molar refractivity (Wildman–Crippen MR) is 182 cm³/mol. The van der Waals surface area contributed by atoms with E-state index >= 15 is 0 Å². The molecule has 2 heterocycles. The Morgan fingerprint density at radius 1 is 0.623 bits per heavy atom. The average Bonchev–Trinajstić information content (AvgIpc) is 3.09. The quantitative estimate of drug-likeness (QED) is 0.0480. The largest absolute Gasteiger partial charge is 1.00 e. The molecule has 0 radical (unpaired) electrons. The highest BCUT2D eigenvalue weighted by Gasteiger charge is 2.51. The summed E-state index contributed by atoms with van der Waals surface area (Å²) in [6, 6.07) is -2.97. The van der Waals surface area contributed by atoms with Gasteiger partial charge in [0.25, 0.3) is 0 Å². The summed E-state index contributed by atoms with van der Waals surface area (Å²) >= 11 is 0. The van der Waals surface area contributed by atoms with Crippen LogP contribution in [0.3, 0.4) is 0 Å². The fourth-order valence-corrected chi connectivity index (χ4v) is 6.98. The number of amides is 1. The summed E-state index contributed by atoms with van der Waals surface area (Å²) in [5, 5.41) is 76.0. The first-order valence-electron chi connectivity index (χ1n) is 18.8. The van der Waals surface area contributed by atoms with Crippen LogP contribution in [0.2, 0.25) is 0 Å². The third kappa shape index (κ3) is 15.9. The van der Waals surface area contributed by atoms with E-state index in [1.807, 2.05) is 0 Å². The Balaban J connectivity index is 0.00000901. The number of ether oxygens (including phenoxy) is 4. The van der Waals surface area contributed by atoms with Gasteiger partial charge >= 0.3 is 0 Å². The van der Waals surface area contributed by atoms with Crippen LogP contribution < -0.4 is 59.7 Å². The van der Waals surface area contributed by atoms with Crippen molar-refractivity contribution in [2.24, 2.45) is 17.2 Å². The fourth-order valence-electron chi connectivity index (χ4n) is 6.98. The maximum absolute atomic E-state index is 12.5. The molecule has 0 spiro atoms. The number of hydrogen-bond donors (Lipinski definition) is 11. The smallest absolute Gasteiger partial charge is 0.220 e. The molecule has 19 heteroatoms. The van der Waals surface area contributed by atoms with Crippen LogP contribution in [-0.4, -0.2) is 147 Å². The lowest BCUT2D eigenvalue weighted by Crippen LogP contribution is -3.00. The average molecular weight is 829 g/mol. The van der Waals surface area contributed by atoms with Gasteiger partial charge in [-0.25, -0.2) is 0 Å². The normalized spacial score (nSPS) is 37.2. The minimum absolute atomic E-state index is 0. The van der Waals surface area contributed by atoms with E-state index in [4.69, 9.17) is 36.1 Å². The lowest BCUT2D eigenvalue weighted by atomic mass is 9.84. The number of carbonyl (C=O) groups excluding carboxylic acids is 1. The van der Waals surface area contributed by atoms with E-state index in [-0.39, 0.29) is 56.1 Å². The van der Waals surface area contributed by atoms with Crippen LogP contribution in [0.5, 0.6) is 0 Å². The molecule has 0 aromatic carbocycles. The number of hydrogen-bond acceptors (Lipinski definition) is 15. The van der Waals surface area contributed by atoms with E-state index in [0.29, 0.717) is 6.42 Å². The van der Waals surface area contributed by atoms with Gasteiger partial charge in [0.1, 0.15) is 61.0 Å². The third-order valence-corrected chi connectivity index (χ3v) is 10.3. The molecule has 14 N–H and O–H groups in total. The molecule has 1 aliphatic carbocycles. The van der Waals surface area contributed by atoms with Gasteiger partial charge in [-0.05, 0) is 12.8 Å². The first-order valence-corrected chi connectivity index (χ1v) is 18.8. The van der Waals surface area contributed by atoms with Crippen LogP contribution in [0.1, 0.15) is 103 Å². The van der Waals surface area contributed by atoms with Crippen LogP contribution in [0.15, 0.2) is 0 Å². The zero-order chi connectivity index (χ0) is 36.8. The molecule has 7 unspecified atom stereocenters. The van der Waals surface area contributed by atoms with Crippen molar-refractivity contribution in [1.29, 1.82) is 0 Å². The van der Waals surface area contributed by atoms with Crippen LogP contribution in [0.4, 0.5) is 0 Å². The Morgan fingerprint density at radius 3 is 1.57 bits per heavy atom. The predicted octanol–water partition coefficient (Wildman–Crippen LogP) is -10.6. The lowest BCUT2D eigenvalue weighted by Gasteiger charge is -2.48. The van der Waals surface area contributed by atoms with Crippen molar-refractivity contribution < 1.29 is 96.7 Å². The molecule has 1 saturated carbocycles. The second-order valence-electron chi connectivity index (χ2n) is 14.4. The van der Waals surface area contributed by atoms with Crippen LogP contribution in [0, 0.1) is 0 Å². The summed E-state index contributed by atoms with van der Waals surface area (Å²) in [7, 11) is 0. The Labute approximate surface area is 332 Å². The minimum Gasteiger partial charge on any atom is -1.00 e. The molecule has 53 heavy (non-hydrogen) atoms. The Kier molecular flexibility index (Phi) is 27.3. The van der Waals surface area contributed by atoms with Gasteiger partial charge in [0.05, 0.1) is 12.6 Å². The van der Waals surface area contributed by atoms with E-state index in [1.54, 1.807) is 0 Å². The summed E-state index contributed by atoms with van der Waals surface area (Å²) < 4.78 is 22.9. The number of unbranched alkanes of at least 4 members (excludes halogenated alkanes) is 12. The molecule has 2 aliphatic heterocycles. The Hall–Kier alpha value is -0.220. The third-order valence-electron chi connectivity index (χ3n) is 10.3. The zero-order valence-electron chi connectivity index (χ0n) is 30.7. The van der Waals surface area contributed by atoms with Crippen LogP contribution in [-0.2, 0) is 23.7 Å². The molecule has 16 nitrogen and oxygen atoms in total. The highest BCUT2D eigenvalue weighted by molar-refractivity contribution is 5.75. The summed E-state index contributed by atoms with van der Waals surface area (Å²) in [6.07, 6.45) is -1.33. The maximum atomic E-state index is 12.5. The summed E-state index contributed by atoms with van der Waals surface area (Å²) in [4.78, 5) is 12.5. The van der Waals surface area contributed by atoms with E-state index in [0.717, 1.165) is 25.7 Å². The monoisotopic (exact) mass is 827 g/mol. The molecule has 3 fully saturated rings. The van der Waals surface area contributed by atoms with Crippen molar-refractivity contribution in [3.63, 3.8) is 0 Å². The van der Waals surface area contributed by atoms with Crippen molar-refractivity contribution in [1.82, 2.24) is 5.32 Å². The van der Waals surface area contributed by atoms with E-state index in [9.17, 15) is 40.5 Å². The van der Waals surface area contributed by atoms with Crippen molar-refractivity contribution in [3.8, 4) is 0 Å². The Bertz CT molecular complexity index is 973. The first-order chi connectivity index (χ1) is 23.9. The zero-order valence-corrected chi connectivity index (χ0v) is 33.0. The molecule has 3 aliphatic rings. The topological polar surface area (TPSA) is 286 Å². The summed E-state index contributed by atoms with van der Waals surface area (Å²) in [5.74, 6) is -0.233. The minimum atomic E-state index is -1.73. The summed E-state index contributed by atoms with van der Waals surface area (Å²) in [5.41, 5.74) is 18.3. The van der Waals surface area contributed by atoms with Crippen molar-refractivity contribution in [2.45, 2.75) is 195 Å². The van der Waals surface area contributed by atoms with Crippen molar-refractivity contribution in [3.05, 3.63) is 0 Å². The molecule has 2 saturated heterocycles. The number of rotatable bonds is 21. The van der Waals surface area contributed by atoms with Gasteiger partial charge in [-0.15, -0.1) is 0 Å². The summed E-state index contributed by atoms with van der Waals surface area (Å²) in [6.45, 7) is 1.46. The van der Waals surface area contributed by atoms with Crippen molar-refractivity contribution >= 4 is 5.91 Å². The maximum Gasteiger partial charge on any atom is 0.220 e. The van der Waals surface area contributed by atoms with Gasteiger partial charge in [0, 0.05) is 25.0 Å². The number of carbonyl (C=O) groups is 1. The number of halogens is 3. The SMILES string of the molecule is CCCCCCCCCCCCCCCC(=O)NCC1O[C@H](OC2C(N)CC(N)[C@@H](OC3O[C@H](CO)C(O)[C@@H](N)[C@H]3O)[C@H]2O)C(O)[C@@H](O)[C@@H]1O.[Cl-].[Cl-].[Cl-]. The number of nitrogens with two attached hydrogens (primary N) is 3. The van der Waals surface area contributed by atoms with E-state index < -0.39 is 98.4 Å². The van der Waals surface area contributed by atoms with Crippen LogP contribution >= 0.6 is 0 Å². The molecule has 0 aromatic rings. The van der Waals surface area contributed by atoms with Gasteiger partial charge in [-0.1, -0.05) is 84.0 Å². The van der Waals surface area contributed by atoms with E-state index in [1.165, 1.54) is 57.8 Å². The second kappa shape index (κ2) is 27.4. The van der Waals surface area contributed by atoms with Crippen molar-refractivity contribution in [2.75, 3.05) is 13.2 Å². The number of nitrogens with one attached hydrogen (secondary N) is 1. The molecule has 1 amide bonds. The van der Waals surface area contributed by atoms with Gasteiger partial charge < -0.3 is 114 Å². The van der Waals surface area contributed by atoms with Crippen LogP contribution in [0.25, 0.3) is 0 Å². The Morgan fingerprint density at radius 2 is 1.08 bits per heavy atom. The highest BCUT2D eigenvalue weighted by atomic mass is 35.5. The molecular weight excluding hydrogens is 763 g/mol. The van der Waals surface area contributed by atoms with Gasteiger partial charge in [-0.2, -0.15) is 0 Å². The highest BCUT2D eigenvalue weighted by Crippen LogP contribution is 2.31. The van der Waals surface area contributed by atoms with Gasteiger partial charge in [-0.3, -0.25) is 4.79 Å². The first kappa shape index (κ1) is 52.8. The number of aliphatic hydroxyl groups excluding tert-OH is 7. The van der Waals surface area contributed by atoms with E-state index in [2.05, 4.69) is 12.2 Å². The van der Waals surface area contributed by atoms with Gasteiger partial charge in [0.15, 0.2) is 12.6 Å². The van der Waals surface area contributed by atoms with Gasteiger partial charge in [0.2, 0.25) is 5.91 Å².